The highest BCUT2D eigenvalue weighted by molar-refractivity contribution is 7.91. The van der Waals surface area contributed by atoms with Crippen LogP contribution in [0.4, 0.5) is 4.39 Å². The number of carbonyl (C=O) groups excluding carboxylic acids is 2. The Morgan fingerprint density at radius 3 is 2.67 bits per heavy atom. The number of H-pyrrole nitrogens is 1. The minimum atomic E-state index is -3.06. The van der Waals surface area contributed by atoms with Gasteiger partial charge in [0.2, 0.25) is 5.91 Å². The molecule has 8 nitrogen and oxygen atoms in total. The molecule has 1 aliphatic heterocycles. The van der Waals surface area contributed by atoms with Crippen molar-refractivity contribution in [1.82, 2.24) is 20.8 Å². The summed E-state index contributed by atoms with van der Waals surface area (Å²) in [7, 11) is -3.06. The van der Waals surface area contributed by atoms with Gasteiger partial charge in [0.25, 0.3) is 5.91 Å². The Hall–Kier alpha value is -2.75. The molecular formula is C17H19FN4O4S. The van der Waals surface area contributed by atoms with Gasteiger partial charge in [0.05, 0.1) is 29.0 Å². The Morgan fingerprint density at radius 2 is 2.00 bits per heavy atom. The zero-order chi connectivity index (χ0) is 19.4. The molecule has 0 bridgehead atoms. The van der Waals surface area contributed by atoms with Crippen LogP contribution in [0.5, 0.6) is 0 Å². The minimum Gasteiger partial charge on any atom is -0.352 e. The Morgan fingerprint density at radius 1 is 1.26 bits per heavy atom. The first-order valence-corrected chi connectivity index (χ1v) is 10.2. The predicted octanol–water partition coefficient (Wildman–Crippen LogP) is 0.639. The number of amides is 2. The van der Waals surface area contributed by atoms with Gasteiger partial charge < -0.3 is 10.6 Å². The Bertz CT molecular complexity index is 940. The van der Waals surface area contributed by atoms with Crippen LogP contribution in [0, 0.1) is 5.82 Å². The van der Waals surface area contributed by atoms with Gasteiger partial charge in [-0.25, -0.2) is 12.8 Å². The highest BCUT2D eigenvalue weighted by Crippen LogP contribution is 2.21. The monoisotopic (exact) mass is 394 g/mol. The van der Waals surface area contributed by atoms with E-state index in [1.54, 1.807) is 0 Å². The first-order valence-electron chi connectivity index (χ1n) is 8.41. The molecule has 3 rings (SSSR count). The van der Waals surface area contributed by atoms with Gasteiger partial charge in [0, 0.05) is 24.6 Å². The lowest BCUT2D eigenvalue weighted by atomic mass is 10.1. The quantitative estimate of drug-likeness (QED) is 0.664. The van der Waals surface area contributed by atoms with E-state index in [-0.39, 0.29) is 47.8 Å². The number of nitrogens with one attached hydrogen (secondary N) is 3. The molecule has 0 saturated carbocycles. The van der Waals surface area contributed by atoms with E-state index in [4.69, 9.17) is 0 Å². The second kappa shape index (κ2) is 7.87. The first-order chi connectivity index (χ1) is 12.8. The van der Waals surface area contributed by atoms with Gasteiger partial charge >= 0.3 is 0 Å². The second-order valence-electron chi connectivity index (χ2n) is 6.34. The Kier molecular flexibility index (Phi) is 5.54. The minimum absolute atomic E-state index is 0.0338. The molecule has 0 aliphatic carbocycles. The molecule has 2 aromatic rings. The number of hydrogen-bond acceptors (Lipinski definition) is 5. The standard InChI is InChI=1S/C17H19FN4O4S/c18-12-3-1-11(2-4-12)16-14(9-20-22-16)17(24)19-7-5-15(23)21-13-6-8-27(25,26)10-13/h1-4,9,13H,5-8,10H2,(H,19,24)(H,20,22)(H,21,23). The molecule has 1 aliphatic rings. The third-order valence-electron chi connectivity index (χ3n) is 4.25. The van der Waals surface area contributed by atoms with Gasteiger partial charge in [0.15, 0.2) is 9.84 Å². The summed E-state index contributed by atoms with van der Waals surface area (Å²) in [6.45, 7) is 0.0954. The van der Waals surface area contributed by atoms with Crippen molar-refractivity contribution in [2.75, 3.05) is 18.1 Å². The summed E-state index contributed by atoms with van der Waals surface area (Å²) in [4.78, 5) is 24.2. The van der Waals surface area contributed by atoms with Gasteiger partial charge in [0.1, 0.15) is 5.82 Å². The maximum Gasteiger partial charge on any atom is 0.255 e. The highest BCUT2D eigenvalue weighted by Gasteiger charge is 2.28. The summed E-state index contributed by atoms with van der Waals surface area (Å²) in [5.41, 5.74) is 1.34. The maximum atomic E-state index is 13.0. The molecule has 3 N–H and O–H groups in total. The number of benzene rings is 1. The van der Waals surface area contributed by atoms with Crippen LogP contribution in [0.15, 0.2) is 30.5 Å². The van der Waals surface area contributed by atoms with Crippen LogP contribution in [-0.2, 0) is 14.6 Å². The van der Waals surface area contributed by atoms with E-state index in [0.717, 1.165) is 0 Å². The number of aromatic amines is 1. The normalized spacial score (nSPS) is 18.2. The van der Waals surface area contributed by atoms with E-state index in [1.807, 2.05) is 0 Å². The Labute approximate surface area is 155 Å². The number of hydrogen-bond donors (Lipinski definition) is 3. The lowest BCUT2D eigenvalue weighted by Crippen LogP contribution is -2.37. The smallest absolute Gasteiger partial charge is 0.255 e. The van der Waals surface area contributed by atoms with Gasteiger partial charge in [-0.3, -0.25) is 14.7 Å². The molecule has 1 unspecified atom stereocenters. The molecule has 27 heavy (non-hydrogen) atoms. The molecule has 0 spiro atoms. The van der Waals surface area contributed by atoms with E-state index < -0.39 is 15.7 Å². The molecule has 1 aromatic heterocycles. The molecule has 1 saturated heterocycles. The van der Waals surface area contributed by atoms with E-state index in [1.165, 1.54) is 30.5 Å². The zero-order valence-corrected chi connectivity index (χ0v) is 15.2. The predicted molar refractivity (Wildman–Crippen MR) is 96.1 cm³/mol. The van der Waals surface area contributed by atoms with Gasteiger partial charge in [-0.15, -0.1) is 0 Å². The van der Waals surface area contributed by atoms with Crippen molar-refractivity contribution in [3.8, 4) is 11.3 Å². The van der Waals surface area contributed by atoms with Crippen molar-refractivity contribution in [1.29, 1.82) is 0 Å². The van der Waals surface area contributed by atoms with Crippen LogP contribution >= 0.6 is 0 Å². The van der Waals surface area contributed by atoms with Crippen molar-refractivity contribution >= 4 is 21.7 Å². The summed E-state index contributed by atoms with van der Waals surface area (Å²) in [6, 6.07) is 5.26. The summed E-state index contributed by atoms with van der Waals surface area (Å²) in [5.74, 6) is -1.07. The third kappa shape index (κ3) is 4.91. The van der Waals surface area contributed by atoms with Crippen LogP contribution in [-0.4, -0.2) is 54.5 Å². The molecule has 0 radical (unpaired) electrons. The fourth-order valence-corrected chi connectivity index (χ4v) is 4.56. The van der Waals surface area contributed by atoms with E-state index in [2.05, 4.69) is 20.8 Å². The van der Waals surface area contributed by atoms with Crippen molar-refractivity contribution in [3.63, 3.8) is 0 Å². The summed E-state index contributed by atoms with van der Waals surface area (Å²) < 4.78 is 35.8. The first kappa shape index (κ1) is 19.0. The largest absolute Gasteiger partial charge is 0.352 e. The van der Waals surface area contributed by atoms with Crippen LogP contribution in [0.25, 0.3) is 11.3 Å². The van der Waals surface area contributed by atoms with Crippen molar-refractivity contribution in [2.45, 2.75) is 18.9 Å². The number of halogens is 1. The van der Waals surface area contributed by atoms with Gasteiger partial charge in [-0.05, 0) is 30.7 Å². The summed E-state index contributed by atoms with van der Waals surface area (Å²) in [6.07, 6.45) is 1.81. The molecule has 1 fully saturated rings. The summed E-state index contributed by atoms with van der Waals surface area (Å²) >= 11 is 0. The topological polar surface area (TPSA) is 121 Å². The highest BCUT2D eigenvalue weighted by atomic mass is 32.2. The van der Waals surface area contributed by atoms with Crippen molar-refractivity contribution in [2.24, 2.45) is 0 Å². The van der Waals surface area contributed by atoms with Crippen LogP contribution in [0.3, 0.4) is 0 Å². The molecule has 144 valence electrons. The number of sulfone groups is 1. The lowest BCUT2D eigenvalue weighted by Gasteiger charge is -2.11. The van der Waals surface area contributed by atoms with Crippen LogP contribution in [0.1, 0.15) is 23.2 Å². The van der Waals surface area contributed by atoms with E-state index in [9.17, 15) is 22.4 Å². The molecule has 2 amide bonds. The molecule has 1 atom stereocenters. The lowest BCUT2D eigenvalue weighted by molar-refractivity contribution is -0.121. The molecule has 2 heterocycles. The average molecular weight is 394 g/mol. The Balaban J connectivity index is 1.51. The molecule has 1 aromatic carbocycles. The maximum absolute atomic E-state index is 13.0. The second-order valence-corrected chi connectivity index (χ2v) is 8.57. The fourth-order valence-electron chi connectivity index (χ4n) is 2.89. The van der Waals surface area contributed by atoms with Gasteiger partial charge in [-0.2, -0.15) is 5.10 Å². The molecular weight excluding hydrogens is 375 g/mol. The van der Waals surface area contributed by atoms with Gasteiger partial charge in [-0.1, -0.05) is 0 Å². The number of rotatable bonds is 6. The van der Waals surface area contributed by atoms with Crippen LogP contribution in [0.2, 0.25) is 0 Å². The average Bonchev–Trinajstić information content (AvgIpc) is 3.22. The van der Waals surface area contributed by atoms with Crippen molar-refractivity contribution < 1.29 is 22.4 Å². The number of nitrogens with zero attached hydrogens (tertiary/aromatic N) is 1. The fraction of sp³-hybridized carbons (Fsp3) is 0.353. The van der Waals surface area contributed by atoms with E-state index in [0.29, 0.717) is 17.7 Å². The third-order valence-corrected chi connectivity index (χ3v) is 6.02. The number of carbonyl (C=O) groups is 2. The van der Waals surface area contributed by atoms with Crippen LogP contribution < -0.4 is 10.6 Å². The van der Waals surface area contributed by atoms with Crippen molar-refractivity contribution in [3.05, 3.63) is 41.8 Å². The summed E-state index contributed by atoms with van der Waals surface area (Å²) in [5, 5.41) is 11.8. The number of aromatic nitrogens is 2. The zero-order valence-electron chi connectivity index (χ0n) is 14.4. The van der Waals surface area contributed by atoms with E-state index >= 15 is 0 Å². The SMILES string of the molecule is O=C(CCNC(=O)c1cn[nH]c1-c1ccc(F)cc1)NC1CCS(=O)(=O)C1. The molecule has 10 heteroatoms.